The van der Waals surface area contributed by atoms with Gasteiger partial charge in [-0.25, -0.2) is 12.8 Å². The van der Waals surface area contributed by atoms with Gasteiger partial charge in [0.25, 0.3) is 10.0 Å². The van der Waals surface area contributed by atoms with Crippen LogP contribution in [0.2, 0.25) is 0 Å². The van der Waals surface area contributed by atoms with Crippen molar-refractivity contribution < 1.29 is 17.6 Å². The van der Waals surface area contributed by atoms with E-state index in [0.29, 0.717) is 5.69 Å². The first-order valence-corrected chi connectivity index (χ1v) is 11.9. The number of anilines is 3. The maximum atomic E-state index is 14.5. The summed E-state index contributed by atoms with van der Waals surface area (Å²) in [5, 5.41) is 2.72. The number of carbonyl (C=O) groups is 1. The normalized spacial score (nSPS) is 13.7. The summed E-state index contributed by atoms with van der Waals surface area (Å²) in [5.41, 5.74) is 1.44. The van der Waals surface area contributed by atoms with Crippen LogP contribution in [0.15, 0.2) is 83.8 Å². The van der Waals surface area contributed by atoms with Crippen LogP contribution in [0.4, 0.5) is 21.5 Å². The molecule has 0 spiro atoms. The SMILES string of the molecule is O=C(CN(c1ccccc1F)S(=O)(=O)c1ccccc1)Nc1ccc(N2CCCC2)cc1. The summed E-state index contributed by atoms with van der Waals surface area (Å²) in [7, 11) is -4.16. The van der Waals surface area contributed by atoms with Gasteiger partial charge in [-0.3, -0.25) is 9.10 Å². The predicted octanol–water partition coefficient (Wildman–Crippen LogP) is 4.26. The number of para-hydroxylation sites is 1. The largest absolute Gasteiger partial charge is 0.372 e. The molecule has 8 heteroatoms. The van der Waals surface area contributed by atoms with E-state index in [1.807, 2.05) is 12.1 Å². The van der Waals surface area contributed by atoms with Crippen LogP contribution in [0.3, 0.4) is 0 Å². The Kier molecular flexibility index (Phi) is 6.41. The van der Waals surface area contributed by atoms with Crippen LogP contribution in [0.25, 0.3) is 0 Å². The number of nitrogens with one attached hydrogen (secondary N) is 1. The van der Waals surface area contributed by atoms with Crippen molar-refractivity contribution in [3.8, 4) is 0 Å². The van der Waals surface area contributed by atoms with Crippen molar-refractivity contribution in [2.75, 3.05) is 34.2 Å². The molecule has 3 aromatic rings. The number of hydrogen-bond acceptors (Lipinski definition) is 4. The molecule has 6 nitrogen and oxygen atoms in total. The summed E-state index contributed by atoms with van der Waals surface area (Å²) in [6.45, 7) is 1.47. The maximum absolute atomic E-state index is 14.5. The number of nitrogens with zero attached hydrogens (tertiary/aromatic N) is 2. The highest BCUT2D eigenvalue weighted by Gasteiger charge is 2.29. The minimum atomic E-state index is -4.16. The smallest absolute Gasteiger partial charge is 0.264 e. The predicted molar refractivity (Wildman–Crippen MR) is 124 cm³/mol. The van der Waals surface area contributed by atoms with Crippen LogP contribution in [0.5, 0.6) is 0 Å². The molecule has 0 atom stereocenters. The molecule has 1 amide bonds. The highest BCUT2D eigenvalue weighted by molar-refractivity contribution is 7.92. The van der Waals surface area contributed by atoms with Gasteiger partial charge in [0.05, 0.1) is 10.6 Å². The molecule has 1 heterocycles. The van der Waals surface area contributed by atoms with E-state index in [1.54, 1.807) is 30.3 Å². The van der Waals surface area contributed by atoms with Crippen molar-refractivity contribution in [3.05, 3.63) is 84.7 Å². The fourth-order valence-corrected chi connectivity index (χ4v) is 5.18. The topological polar surface area (TPSA) is 69.7 Å². The lowest BCUT2D eigenvalue weighted by Gasteiger charge is -2.24. The van der Waals surface area contributed by atoms with Gasteiger partial charge in [0.15, 0.2) is 0 Å². The maximum Gasteiger partial charge on any atom is 0.264 e. The van der Waals surface area contributed by atoms with E-state index in [4.69, 9.17) is 0 Å². The van der Waals surface area contributed by atoms with Crippen LogP contribution in [-0.2, 0) is 14.8 Å². The molecular weight excluding hydrogens is 429 g/mol. The van der Waals surface area contributed by atoms with Gasteiger partial charge < -0.3 is 10.2 Å². The third kappa shape index (κ3) is 4.75. The first-order valence-electron chi connectivity index (χ1n) is 10.4. The molecule has 0 radical (unpaired) electrons. The number of carbonyl (C=O) groups excluding carboxylic acids is 1. The van der Waals surface area contributed by atoms with E-state index in [1.165, 1.54) is 43.2 Å². The van der Waals surface area contributed by atoms with Crippen molar-refractivity contribution in [2.45, 2.75) is 17.7 Å². The van der Waals surface area contributed by atoms with Gasteiger partial charge >= 0.3 is 0 Å². The number of sulfonamides is 1. The number of halogens is 1. The molecule has 32 heavy (non-hydrogen) atoms. The highest BCUT2D eigenvalue weighted by Crippen LogP contribution is 2.26. The van der Waals surface area contributed by atoms with E-state index in [9.17, 15) is 17.6 Å². The first kappa shape index (κ1) is 21.8. The minimum absolute atomic E-state index is 0.0222. The average molecular weight is 454 g/mol. The molecular formula is C24H24FN3O3S. The molecule has 0 bridgehead atoms. The molecule has 4 rings (SSSR count). The molecule has 1 aliphatic heterocycles. The van der Waals surface area contributed by atoms with Crippen molar-refractivity contribution in [1.82, 2.24) is 0 Å². The van der Waals surface area contributed by atoms with Crippen molar-refractivity contribution in [2.24, 2.45) is 0 Å². The Morgan fingerprint density at radius 3 is 2.19 bits per heavy atom. The van der Waals surface area contributed by atoms with E-state index in [-0.39, 0.29) is 10.6 Å². The summed E-state index contributed by atoms with van der Waals surface area (Å²) >= 11 is 0. The van der Waals surface area contributed by atoms with Crippen molar-refractivity contribution in [1.29, 1.82) is 0 Å². The van der Waals surface area contributed by atoms with Gasteiger partial charge in [0, 0.05) is 24.5 Å². The Morgan fingerprint density at radius 2 is 1.53 bits per heavy atom. The standard InChI is InChI=1S/C24H24FN3O3S/c25-22-10-4-5-11-23(22)28(32(30,31)21-8-2-1-3-9-21)18-24(29)26-19-12-14-20(15-13-19)27-16-6-7-17-27/h1-5,8-15H,6-7,16-18H2,(H,26,29). The number of hydrogen-bond donors (Lipinski definition) is 1. The molecule has 1 saturated heterocycles. The third-order valence-corrected chi connectivity index (χ3v) is 7.14. The van der Waals surface area contributed by atoms with Crippen LogP contribution in [-0.4, -0.2) is 34.0 Å². The second-order valence-electron chi connectivity index (χ2n) is 7.57. The summed E-state index contributed by atoms with van der Waals surface area (Å²) < 4.78 is 41.8. The number of amides is 1. The van der Waals surface area contributed by atoms with Crippen molar-refractivity contribution in [3.63, 3.8) is 0 Å². The fourth-order valence-electron chi connectivity index (χ4n) is 3.74. The summed E-state index contributed by atoms with van der Waals surface area (Å²) in [4.78, 5) is 15.0. The Hall–Kier alpha value is -3.39. The van der Waals surface area contributed by atoms with E-state index < -0.39 is 28.3 Å². The first-order chi connectivity index (χ1) is 15.4. The summed E-state index contributed by atoms with van der Waals surface area (Å²) in [5.74, 6) is -1.29. The molecule has 1 aliphatic rings. The Labute approximate surface area is 187 Å². The van der Waals surface area contributed by atoms with Crippen LogP contribution in [0, 0.1) is 5.82 Å². The third-order valence-electron chi connectivity index (χ3n) is 5.36. The second kappa shape index (κ2) is 9.40. The second-order valence-corrected chi connectivity index (χ2v) is 9.43. The quantitative estimate of drug-likeness (QED) is 0.580. The Balaban J connectivity index is 1.56. The lowest BCUT2D eigenvalue weighted by atomic mass is 10.2. The molecule has 0 aliphatic carbocycles. The van der Waals surface area contributed by atoms with Gasteiger partial charge in [-0.15, -0.1) is 0 Å². The lowest BCUT2D eigenvalue weighted by molar-refractivity contribution is -0.114. The molecule has 1 N–H and O–H groups in total. The summed E-state index contributed by atoms with van der Waals surface area (Å²) in [6, 6.07) is 20.6. The monoisotopic (exact) mass is 453 g/mol. The van der Waals surface area contributed by atoms with Crippen LogP contribution >= 0.6 is 0 Å². The zero-order valence-electron chi connectivity index (χ0n) is 17.4. The molecule has 0 aromatic heterocycles. The lowest BCUT2D eigenvalue weighted by Crippen LogP contribution is -2.38. The van der Waals surface area contributed by atoms with Crippen LogP contribution in [0.1, 0.15) is 12.8 Å². The fraction of sp³-hybridized carbons (Fsp3) is 0.208. The highest BCUT2D eigenvalue weighted by atomic mass is 32.2. The minimum Gasteiger partial charge on any atom is -0.372 e. The Morgan fingerprint density at radius 1 is 0.906 bits per heavy atom. The molecule has 0 unspecified atom stereocenters. The number of rotatable bonds is 7. The molecule has 3 aromatic carbocycles. The molecule has 1 fully saturated rings. The average Bonchev–Trinajstić information content (AvgIpc) is 3.34. The molecule has 0 saturated carbocycles. The van der Waals surface area contributed by atoms with Gasteiger partial charge in [-0.1, -0.05) is 30.3 Å². The van der Waals surface area contributed by atoms with Gasteiger partial charge in [0.1, 0.15) is 12.4 Å². The molecule has 166 valence electrons. The van der Waals surface area contributed by atoms with Crippen LogP contribution < -0.4 is 14.5 Å². The zero-order valence-corrected chi connectivity index (χ0v) is 18.3. The number of benzene rings is 3. The summed E-state index contributed by atoms with van der Waals surface area (Å²) in [6.07, 6.45) is 2.33. The van der Waals surface area contributed by atoms with Gasteiger partial charge in [-0.2, -0.15) is 0 Å². The van der Waals surface area contributed by atoms with Crippen molar-refractivity contribution >= 4 is 33.0 Å². The van der Waals surface area contributed by atoms with E-state index >= 15 is 0 Å². The van der Waals surface area contributed by atoms with Gasteiger partial charge in [0.2, 0.25) is 5.91 Å². The Bertz CT molecular complexity index is 1180. The zero-order chi connectivity index (χ0) is 22.6. The van der Waals surface area contributed by atoms with Gasteiger partial charge in [-0.05, 0) is 61.4 Å². The van der Waals surface area contributed by atoms with E-state index in [0.717, 1.165) is 29.1 Å². The van der Waals surface area contributed by atoms with E-state index in [2.05, 4.69) is 10.2 Å².